The molecule has 0 bridgehead atoms. The molecule has 19 heavy (non-hydrogen) atoms. The number of halogens is 12. The first kappa shape index (κ1) is 18.7. The van der Waals surface area contributed by atoms with Gasteiger partial charge >= 0.3 is 30.2 Å². The Labute approximate surface area is 105 Å². The summed E-state index contributed by atoms with van der Waals surface area (Å²) in [7, 11) is 0. The highest BCUT2D eigenvalue weighted by Gasteiger charge is 2.87. The van der Waals surface area contributed by atoms with Crippen LogP contribution in [0.15, 0.2) is 0 Å². The van der Waals surface area contributed by atoms with Crippen molar-refractivity contribution in [3.63, 3.8) is 0 Å². The molecule has 0 aliphatic heterocycles. The highest BCUT2D eigenvalue weighted by atomic mass is 79.9. The van der Waals surface area contributed by atoms with E-state index in [1.54, 1.807) is 15.9 Å². The molecule has 0 unspecified atom stereocenters. The number of ether oxygens (including phenoxy) is 1. The van der Waals surface area contributed by atoms with Crippen LogP contribution in [0.25, 0.3) is 0 Å². The Balaban J connectivity index is 6.13. The lowest BCUT2D eigenvalue weighted by molar-refractivity contribution is -0.495. The third kappa shape index (κ3) is 3.41. The van der Waals surface area contributed by atoms with E-state index in [2.05, 4.69) is 4.74 Å². The van der Waals surface area contributed by atoms with Crippen molar-refractivity contribution in [2.24, 2.45) is 0 Å². The normalized spacial score (nSPS) is 15.8. The van der Waals surface area contributed by atoms with Gasteiger partial charge in [-0.15, -0.1) is 0 Å². The molecule has 0 atom stereocenters. The molecule has 0 amide bonds. The molecule has 0 fully saturated rings. The highest BCUT2D eigenvalue weighted by molar-refractivity contribution is 9.09. The van der Waals surface area contributed by atoms with E-state index in [0.29, 0.717) is 0 Å². The number of alkyl halides is 12. The van der Waals surface area contributed by atoms with Gasteiger partial charge in [0.1, 0.15) is 0 Å². The van der Waals surface area contributed by atoms with E-state index < -0.39 is 35.6 Å². The summed E-state index contributed by atoms with van der Waals surface area (Å²) >= 11 is 1.75. The molecule has 116 valence electrons. The second kappa shape index (κ2) is 4.90. The second-order valence-electron chi connectivity index (χ2n) is 3.05. The van der Waals surface area contributed by atoms with Crippen LogP contribution in [-0.4, -0.2) is 35.6 Å². The predicted octanol–water partition coefficient (Wildman–Crippen LogP) is 4.42. The lowest BCUT2D eigenvalue weighted by atomic mass is 10.0. The average molecular weight is 379 g/mol. The molecule has 0 aliphatic rings. The Bertz CT molecular complexity index is 277. The van der Waals surface area contributed by atoms with Crippen molar-refractivity contribution in [1.82, 2.24) is 0 Å². The monoisotopic (exact) mass is 378 g/mol. The molecule has 1 nitrogen and oxygen atoms in total. The SMILES string of the molecule is FC(F)(CBr)OC(C(F)(F)F)(C(F)(F)F)C(F)(F)F. The van der Waals surface area contributed by atoms with Gasteiger partial charge in [0, 0.05) is 0 Å². The van der Waals surface area contributed by atoms with E-state index in [9.17, 15) is 48.3 Å². The Morgan fingerprint density at radius 3 is 1.05 bits per heavy atom. The predicted molar refractivity (Wildman–Crippen MR) is 40.7 cm³/mol. The molecule has 0 aromatic carbocycles. The summed E-state index contributed by atoms with van der Waals surface area (Å²) in [5, 5.41) is -2.00. The van der Waals surface area contributed by atoms with Gasteiger partial charge in [0.25, 0.3) is 0 Å². The van der Waals surface area contributed by atoms with Gasteiger partial charge in [-0.1, -0.05) is 15.9 Å². The summed E-state index contributed by atoms with van der Waals surface area (Å²) in [5.41, 5.74) is -6.98. The summed E-state index contributed by atoms with van der Waals surface area (Å²) in [6, 6.07) is 0. The molecule has 0 saturated carbocycles. The summed E-state index contributed by atoms with van der Waals surface area (Å²) in [6.45, 7) is 0. The molecule has 0 aliphatic carbocycles. The molecule has 0 radical (unpaired) electrons. The maximum absolute atomic E-state index is 12.5. The van der Waals surface area contributed by atoms with Crippen LogP contribution in [0.4, 0.5) is 48.3 Å². The van der Waals surface area contributed by atoms with Crippen LogP contribution in [0.3, 0.4) is 0 Å². The molecule has 0 heterocycles. The molecule has 0 rings (SSSR count). The van der Waals surface area contributed by atoms with Gasteiger partial charge in [-0.2, -0.15) is 48.3 Å². The molecule has 0 saturated heterocycles. The maximum atomic E-state index is 12.5. The van der Waals surface area contributed by atoms with Gasteiger partial charge in [0.2, 0.25) is 0 Å². The maximum Gasteiger partial charge on any atom is 0.436 e. The molecule has 0 spiro atoms. The first-order chi connectivity index (χ1) is 8.02. The topological polar surface area (TPSA) is 9.23 Å². The highest BCUT2D eigenvalue weighted by Crippen LogP contribution is 2.56. The summed E-state index contributed by atoms with van der Waals surface area (Å²) in [5.74, 6) is 0. The summed E-state index contributed by atoms with van der Waals surface area (Å²) < 4.78 is 136. The Kier molecular flexibility index (Phi) is 4.81. The summed E-state index contributed by atoms with van der Waals surface area (Å²) in [4.78, 5) is 0. The van der Waals surface area contributed by atoms with Crippen LogP contribution < -0.4 is 0 Å². The molecular weight excluding hydrogens is 377 g/mol. The fourth-order valence-electron chi connectivity index (χ4n) is 0.907. The number of rotatable bonds is 3. The fourth-order valence-corrected chi connectivity index (χ4v) is 1.02. The lowest BCUT2D eigenvalue weighted by Gasteiger charge is -2.39. The quantitative estimate of drug-likeness (QED) is 0.522. The van der Waals surface area contributed by atoms with E-state index in [0.717, 1.165) is 0 Å². The molecule has 0 aromatic heterocycles. The Morgan fingerprint density at radius 1 is 0.632 bits per heavy atom. The molecular formula is C6H2BrF11O. The third-order valence-corrected chi connectivity index (χ3v) is 2.31. The van der Waals surface area contributed by atoms with Crippen LogP contribution >= 0.6 is 15.9 Å². The zero-order chi connectivity index (χ0) is 15.9. The van der Waals surface area contributed by atoms with E-state index in [1.807, 2.05) is 0 Å². The van der Waals surface area contributed by atoms with Crippen molar-refractivity contribution in [2.75, 3.05) is 5.33 Å². The molecule has 13 heteroatoms. The van der Waals surface area contributed by atoms with E-state index in [-0.39, 0.29) is 0 Å². The second-order valence-corrected chi connectivity index (χ2v) is 3.61. The molecule has 0 aromatic rings. The van der Waals surface area contributed by atoms with Gasteiger partial charge in [-0.3, -0.25) is 4.74 Å². The number of hydrogen-bond acceptors (Lipinski definition) is 1. The third-order valence-electron chi connectivity index (χ3n) is 1.66. The van der Waals surface area contributed by atoms with Crippen molar-refractivity contribution in [2.45, 2.75) is 30.2 Å². The van der Waals surface area contributed by atoms with Gasteiger partial charge in [-0.25, -0.2) is 0 Å². The smallest absolute Gasteiger partial charge is 0.287 e. The Hall–Kier alpha value is -0.330. The minimum Gasteiger partial charge on any atom is -0.287 e. The van der Waals surface area contributed by atoms with Gasteiger partial charge in [-0.05, 0) is 0 Å². The van der Waals surface area contributed by atoms with Crippen LogP contribution in [0.1, 0.15) is 0 Å². The van der Waals surface area contributed by atoms with Gasteiger partial charge in [0.15, 0.2) is 0 Å². The zero-order valence-corrected chi connectivity index (χ0v) is 9.74. The minimum atomic E-state index is -7.19. The standard InChI is InChI=1S/C6H2BrF11O/c7-1-2(8,9)19-3(4(10,11)12,5(13,14)15)6(16,17)18/h1H2. The van der Waals surface area contributed by atoms with Crippen LogP contribution in [0.5, 0.6) is 0 Å². The van der Waals surface area contributed by atoms with Crippen molar-refractivity contribution in [3.8, 4) is 0 Å². The van der Waals surface area contributed by atoms with Crippen LogP contribution in [0.2, 0.25) is 0 Å². The van der Waals surface area contributed by atoms with Gasteiger partial charge in [0.05, 0.1) is 5.33 Å². The first-order valence-electron chi connectivity index (χ1n) is 3.86. The molecule has 0 N–H and O–H groups in total. The van der Waals surface area contributed by atoms with Crippen LogP contribution in [0, 0.1) is 0 Å². The van der Waals surface area contributed by atoms with Crippen molar-refractivity contribution < 1.29 is 53.0 Å². The van der Waals surface area contributed by atoms with E-state index in [1.165, 1.54) is 0 Å². The zero-order valence-electron chi connectivity index (χ0n) is 8.15. The first-order valence-corrected chi connectivity index (χ1v) is 4.98. The fraction of sp³-hybridized carbons (Fsp3) is 1.00. The number of hydrogen-bond donors (Lipinski definition) is 0. The van der Waals surface area contributed by atoms with E-state index >= 15 is 0 Å². The summed E-state index contributed by atoms with van der Waals surface area (Å²) in [6.07, 6.45) is -26.9. The van der Waals surface area contributed by atoms with Crippen molar-refractivity contribution in [3.05, 3.63) is 0 Å². The minimum absolute atomic E-state index is 1.75. The van der Waals surface area contributed by atoms with Crippen LogP contribution in [-0.2, 0) is 4.74 Å². The lowest BCUT2D eigenvalue weighted by Crippen LogP contribution is -2.69. The largest absolute Gasteiger partial charge is 0.436 e. The Morgan fingerprint density at radius 2 is 0.895 bits per heavy atom. The average Bonchev–Trinajstić information content (AvgIpc) is 2.08. The van der Waals surface area contributed by atoms with E-state index in [4.69, 9.17) is 0 Å². The van der Waals surface area contributed by atoms with Gasteiger partial charge < -0.3 is 0 Å². The van der Waals surface area contributed by atoms with Crippen molar-refractivity contribution >= 4 is 15.9 Å². The van der Waals surface area contributed by atoms with Crippen molar-refractivity contribution in [1.29, 1.82) is 0 Å².